The van der Waals surface area contributed by atoms with Crippen molar-refractivity contribution in [3.63, 3.8) is 0 Å². The smallest absolute Gasteiger partial charge is 0.0704 e. The summed E-state index contributed by atoms with van der Waals surface area (Å²) in [6.45, 7) is 2.83. The first-order chi connectivity index (χ1) is 10.3. The number of aliphatic hydroxyl groups excluding tert-OH is 1. The van der Waals surface area contributed by atoms with Crippen molar-refractivity contribution < 1.29 is 9.84 Å². The Morgan fingerprint density at radius 3 is 2.90 bits per heavy atom. The Labute approximate surface area is 126 Å². The zero-order chi connectivity index (χ0) is 14.7. The third kappa shape index (κ3) is 3.42. The highest BCUT2D eigenvalue weighted by atomic mass is 16.5. The molecule has 0 aliphatic heterocycles. The van der Waals surface area contributed by atoms with Crippen molar-refractivity contribution in [3.05, 3.63) is 42.1 Å². The number of hydrogen-bond acceptors (Lipinski definition) is 3. The van der Waals surface area contributed by atoms with Crippen LogP contribution in [-0.4, -0.2) is 28.9 Å². The summed E-state index contributed by atoms with van der Waals surface area (Å²) in [7, 11) is 0. The van der Waals surface area contributed by atoms with Gasteiger partial charge in [-0.1, -0.05) is 18.2 Å². The van der Waals surface area contributed by atoms with Crippen molar-refractivity contribution in [1.29, 1.82) is 0 Å². The molecular weight excluding hydrogens is 262 g/mol. The second kappa shape index (κ2) is 6.54. The lowest BCUT2D eigenvalue weighted by Gasteiger charge is -2.36. The van der Waals surface area contributed by atoms with E-state index in [0.29, 0.717) is 18.4 Å². The Morgan fingerprint density at radius 2 is 2.10 bits per heavy atom. The average molecular weight is 285 g/mol. The Balaban J connectivity index is 1.58. The molecule has 21 heavy (non-hydrogen) atoms. The van der Waals surface area contributed by atoms with E-state index >= 15 is 0 Å². The molecule has 1 aliphatic carbocycles. The fraction of sp³-hybridized carbons (Fsp3) is 0.500. The molecule has 1 aromatic heterocycles. The monoisotopic (exact) mass is 285 g/mol. The molecule has 0 bridgehead atoms. The van der Waals surface area contributed by atoms with E-state index in [9.17, 15) is 5.11 Å². The SMILES string of the molecule is CCOC1CC(CC(O)Cc2ccnc3ccccc23)C1. The summed E-state index contributed by atoms with van der Waals surface area (Å²) in [5, 5.41) is 11.5. The normalized spacial score (nSPS) is 23.0. The highest BCUT2D eigenvalue weighted by Crippen LogP contribution is 2.34. The van der Waals surface area contributed by atoms with Gasteiger partial charge in [-0.3, -0.25) is 4.98 Å². The molecule has 1 aliphatic rings. The summed E-state index contributed by atoms with van der Waals surface area (Å²) in [5.74, 6) is 0.615. The number of pyridine rings is 1. The number of aromatic nitrogens is 1. The van der Waals surface area contributed by atoms with Crippen LogP contribution in [-0.2, 0) is 11.2 Å². The Hall–Kier alpha value is -1.45. The third-order valence-corrected chi connectivity index (χ3v) is 4.40. The highest BCUT2D eigenvalue weighted by Gasteiger charge is 2.31. The van der Waals surface area contributed by atoms with Crippen molar-refractivity contribution in [2.75, 3.05) is 6.61 Å². The minimum absolute atomic E-state index is 0.275. The van der Waals surface area contributed by atoms with E-state index in [-0.39, 0.29) is 6.10 Å². The summed E-state index contributed by atoms with van der Waals surface area (Å²) in [5.41, 5.74) is 2.19. The number of ether oxygens (including phenoxy) is 1. The van der Waals surface area contributed by atoms with Crippen molar-refractivity contribution in [2.45, 2.75) is 44.8 Å². The molecule has 1 unspecified atom stereocenters. The summed E-state index contributed by atoms with van der Waals surface area (Å²) in [4.78, 5) is 4.37. The molecule has 1 aromatic carbocycles. The first kappa shape index (κ1) is 14.5. The van der Waals surface area contributed by atoms with Crippen LogP contribution < -0.4 is 0 Å². The van der Waals surface area contributed by atoms with E-state index < -0.39 is 0 Å². The van der Waals surface area contributed by atoms with Gasteiger partial charge < -0.3 is 9.84 Å². The van der Waals surface area contributed by atoms with Crippen LogP contribution in [0.5, 0.6) is 0 Å². The van der Waals surface area contributed by atoms with Gasteiger partial charge in [-0.15, -0.1) is 0 Å². The van der Waals surface area contributed by atoms with E-state index in [4.69, 9.17) is 4.74 Å². The number of benzene rings is 1. The molecule has 0 saturated heterocycles. The minimum Gasteiger partial charge on any atom is -0.393 e. The van der Waals surface area contributed by atoms with Gasteiger partial charge >= 0.3 is 0 Å². The van der Waals surface area contributed by atoms with Crippen LogP contribution in [0.1, 0.15) is 31.7 Å². The highest BCUT2D eigenvalue weighted by molar-refractivity contribution is 5.81. The zero-order valence-electron chi connectivity index (χ0n) is 12.5. The summed E-state index contributed by atoms with van der Waals surface area (Å²) < 4.78 is 5.58. The van der Waals surface area contributed by atoms with Gasteiger partial charge in [0.2, 0.25) is 0 Å². The molecular formula is C18H23NO2. The predicted molar refractivity (Wildman–Crippen MR) is 84.2 cm³/mol. The van der Waals surface area contributed by atoms with E-state index in [1.165, 1.54) is 5.56 Å². The van der Waals surface area contributed by atoms with Gasteiger partial charge in [-0.2, -0.15) is 0 Å². The first-order valence-electron chi connectivity index (χ1n) is 7.88. The second-order valence-corrected chi connectivity index (χ2v) is 6.00. The van der Waals surface area contributed by atoms with Crippen LogP contribution in [0.2, 0.25) is 0 Å². The fourth-order valence-electron chi connectivity index (χ4n) is 3.29. The largest absolute Gasteiger partial charge is 0.393 e. The summed E-state index contributed by atoms with van der Waals surface area (Å²) >= 11 is 0. The van der Waals surface area contributed by atoms with Gasteiger partial charge in [0.05, 0.1) is 17.7 Å². The molecule has 3 heteroatoms. The quantitative estimate of drug-likeness (QED) is 0.885. The van der Waals surface area contributed by atoms with Crippen molar-refractivity contribution in [2.24, 2.45) is 5.92 Å². The Kier molecular flexibility index (Phi) is 4.51. The van der Waals surface area contributed by atoms with Crippen LogP contribution in [0.4, 0.5) is 0 Å². The maximum atomic E-state index is 10.4. The molecule has 1 fully saturated rings. The fourth-order valence-corrected chi connectivity index (χ4v) is 3.29. The van der Waals surface area contributed by atoms with Crippen molar-refractivity contribution in [1.82, 2.24) is 4.98 Å². The average Bonchev–Trinajstić information content (AvgIpc) is 2.45. The maximum Gasteiger partial charge on any atom is 0.0704 e. The van der Waals surface area contributed by atoms with Crippen LogP contribution >= 0.6 is 0 Å². The van der Waals surface area contributed by atoms with E-state index in [2.05, 4.69) is 11.1 Å². The molecule has 112 valence electrons. The van der Waals surface area contributed by atoms with Gasteiger partial charge in [-0.05, 0) is 56.2 Å². The third-order valence-electron chi connectivity index (χ3n) is 4.40. The van der Waals surface area contributed by atoms with Gasteiger partial charge in [-0.25, -0.2) is 0 Å². The lowest BCUT2D eigenvalue weighted by molar-refractivity contribution is -0.0375. The maximum absolute atomic E-state index is 10.4. The molecule has 1 N–H and O–H groups in total. The van der Waals surface area contributed by atoms with E-state index in [0.717, 1.165) is 36.8 Å². The van der Waals surface area contributed by atoms with E-state index in [1.807, 2.05) is 37.4 Å². The predicted octanol–water partition coefficient (Wildman–Crippen LogP) is 3.34. The van der Waals surface area contributed by atoms with Crippen LogP contribution in [0, 0.1) is 5.92 Å². The lowest BCUT2D eigenvalue weighted by atomic mass is 9.78. The Morgan fingerprint density at radius 1 is 1.29 bits per heavy atom. The molecule has 3 nitrogen and oxygen atoms in total. The number of hydrogen-bond donors (Lipinski definition) is 1. The van der Waals surface area contributed by atoms with Crippen LogP contribution in [0.25, 0.3) is 10.9 Å². The molecule has 1 atom stereocenters. The van der Waals surface area contributed by atoms with Gasteiger partial charge in [0.1, 0.15) is 0 Å². The van der Waals surface area contributed by atoms with Crippen LogP contribution in [0.15, 0.2) is 36.5 Å². The lowest BCUT2D eigenvalue weighted by Crippen LogP contribution is -2.34. The second-order valence-electron chi connectivity index (χ2n) is 6.00. The van der Waals surface area contributed by atoms with Crippen molar-refractivity contribution >= 4 is 10.9 Å². The molecule has 0 radical (unpaired) electrons. The zero-order valence-corrected chi connectivity index (χ0v) is 12.5. The number of nitrogens with zero attached hydrogens (tertiary/aromatic N) is 1. The number of rotatable bonds is 6. The van der Waals surface area contributed by atoms with Crippen molar-refractivity contribution in [3.8, 4) is 0 Å². The molecule has 0 amide bonds. The molecule has 1 saturated carbocycles. The van der Waals surface area contributed by atoms with Gasteiger partial charge in [0.25, 0.3) is 0 Å². The number of fused-ring (bicyclic) bond motifs is 1. The summed E-state index contributed by atoms with van der Waals surface area (Å²) in [6, 6.07) is 10.1. The van der Waals surface area contributed by atoms with Gasteiger partial charge in [0, 0.05) is 18.2 Å². The number of aliphatic hydroxyl groups is 1. The topological polar surface area (TPSA) is 42.4 Å². The molecule has 2 aromatic rings. The molecule has 1 heterocycles. The molecule has 3 rings (SSSR count). The van der Waals surface area contributed by atoms with Crippen LogP contribution in [0.3, 0.4) is 0 Å². The van der Waals surface area contributed by atoms with Gasteiger partial charge in [0.15, 0.2) is 0 Å². The first-order valence-corrected chi connectivity index (χ1v) is 7.88. The minimum atomic E-state index is -0.275. The standard InChI is InChI=1S/C18H23NO2/c1-2-21-16-10-13(11-16)9-15(20)12-14-7-8-19-18-6-4-3-5-17(14)18/h3-8,13,15-16,20H,2,9-12H2,1H3. The number of para-hydroxylation sites is 1. The Bertz CT molecular complexity index is 587. The summed E-state index contributed by atoms with van der Waals surface area (Å²) in [6.07, 6.45) is 5.76. The molecule has 0 spiro atoms. The van der Waals surface area contributed by atoms with E-state index in [1.54, 1.807) is 0 Å².